The van der Waals surface area contributed by atoms with Crippen LogP contribution in [0, 0.1) is 13.8 Å². The Morgan fingerprint density at radius 2 is 1.83 bits per heavy atom. The highest BCUT2D eigenvalue weighted by atomic mass is 19.4. The molecule has 0 bridgehead atoms. The molecular formula is C20H23F3N6. The van der Waals surface area contributed by atoms with E-state index in [1.54, 1.807) is 22.9 Å². The molecule has 154 valence electrons. The summed E-state index contributed by atoms with van der Waals surface area (Å²) >= 11 is 0. The Morgan fingerprint density at radius 3 is 2.38 bits per heavy atom. The highest BCUT2D eigenvalue weighted by Crippen LogP contribution is 2.31. The summed E-state index contributed by atoms with van der Waals surface area (Å²) in [5.41, 5.74) is 1.76. The second kappa shape index (κ2) is 8.20. The highest BCUT2D eigenvalue weighted by Gasteiger charge is 2.31. The van der Waals surface area contributed by atoms with Gasteiger partial charge in [0.1, 0.15) is 5.82 Å². The molecule has 2 heterocycles. The maximum atomic E-state index is 13.0. The van der Waals surface area contributed by atoms with E-state index >= 15 is 0 Å². The Balaban J connectivity index is 1.74. The van der Waals surface area contributed by atoms with Crippen LogP contribution in [0.5, 0.6) is 0 Å². The SMILES string of the molecule is Cc1cc(C)n(-c2ccc(NCC(c3cccc(C(F)(F)F)c3)N(C)C)nn2)n1. The Bertz CT molecular complexity index is 963. The van der Waals surface area contributed by atoms with Gasteiger partial charge in [0.05, 0.1) is 17.3 Å². The molecule has 0 amide bonds. The molecule has 0 saturated heterocycles. The number of hydrogen-bond acceptors (Lipinski definition) is 5. The van der Waals surface area contributed by atoms with Gasteiger partial charge in [0.15, 0.2) is 5.82 Å². The Hall–Kier alpha value is -2.94. The van der Waals surface area contributed by atoms with E-state index in [0.29, 0.717) is 23.7 Å². The lowest BCUT2D eigenvalue weighted by Crippen LogP contribution is -2.27. The number of nitrogens with one attached hydrogen (secondary N) is 1. The molecule has 0 spiro atoms. The van der Waals surface area contributed by atoms with Crippen LogP contribution in [-0.4, -0.2) is 45.5 Å². The highest BCUT2D eigenvalue weighted by molar-refractivity contribution is 5.38. The van der Waals surface area contributed by atoms with Crippen molar-refractivity contribution in [1.82, 2.24) is 24.9 Å². The number of hydrogen-bond donors (Lipinski definition) is 1. The van der Waals surface area contributed by atoms with Crippen molar-refractivity contribution >= 4 is 5.82 Å². The van der Waals surface area contributed by atoms with E-state index in [1.165, 1.54) is 12.1 Å². The number of nitrogens with zero attached hydrogens (tertiary/aromatic N) is 5. The first-order valence-electron chi connectivity index (χ1n) is 9.10. The van der Waals surface area contributed by atoms with Crippen LogP contribution in [-0.2, 0) is 6.18 Å². The topological polar surface area (TPSA) is 58.9 Å². The van der Waals surface area contributed by atoms with Gasteiger partial charge in [0.2, 0.25) is 0 Å². The van der Waals surface area contributed by atoms with Crippen molar-refractivity contribution < 1.29 is 13.2 Å². The van der Waals surface area contributed by atoms with Gasteiger partial charge in [0, 0.05) is 12.2 Å². The molecule has 0 saturated carbocycles. The zero-order chi connectivity index (χ0) is 21.2. The molecule has 1 aromatic carbocycles. The van der Waals surface area contributed by atoms with Crippen LogP contribution in [0.15, 0.2) is 42.5 Å². The third-order valence-electron chi connectivity index (χ3n) is 4.58. The Kier molecular flexibility index (Phi) is 5.88. The molecule has 0 radical (unpaired) electrons. The first-order valence-corrected chi connectivity index (χ1v) is 9.10. The fourth-order valence-electron chi connectivity index (χ4n) is 3.12. The molecule has 29 heavy (non-hydrogen) atoms. The molecule has 3 rings (SSSR count). The summed E-state index contributed by atoms with van der Waals surface area (Å²) in [5.74, 6) is 1.14. The van der Waals surface area contributed by atoms with Crippen LogP contribution in [0.2, 0.25) is 0 Å². The second-order valence-electron chi connectivity index (χ2n) is 7.10. The van der Waals surface area contributed by atoms with Crippen LogP contribution in [0.25, 0.3) is 5.82 Å². The van der Waals surface area contributed by atoms with Gasteiger partial charge in [-0.3, -0.25) is 0 Å². The minimum atomic E-state index is -4.37. The van der Waals surface area contributed by atoms with E-state index in [1.807, 2.05) is 38.9 Å². The van der Waals surface area contributed by atoms with E-state index in [0.717, 1.165) is 17.5 Å². The van der Waals surface area contributed by atoms with Crippen molar-refractivity contribution in [1.29, 1.82) is 0 Å². The van der Waals surface area contributed by atoms with Crippen molar-refractivity contribution in [2.24, 2.45) is 0 Å². The molecular weight excluding hydrogens is 381 g/mol. The zero-order valence-electron chi connectivity index (χ0n) is 16.7. The van der Waals surface area contributed by atoms with Crippen molar-refractivity contribution in [3.05, 3.63) is 65.0 Å². The summed E-state index contributed by atoms with van der Waals surface area (Å²) in [5, 5.41) is 15.9. The van der Waals surface area contributed by atoms with Gasteiger partial charge in [-0.1, -0.05) is 12.1 Å². The number of aromatic nitrogens is 4. The van der Waals surface area contributed by atoms with E-state index < -0.39 is 11.7 Å². The number of rotatable bonds is 6. The number of aryl methyl sites for hydroxylation is 2. The Labute approximate surface area is 167 Å². The van der Waals surface area contributed by atoms with Gasteiger partial charge < -0.3 is 10.2 Å². The number of halogens is 3. The quantitative estimate of drug-likeness (QED) is 0.673. The molecule has 0 aliphatic carbocycles. The number of alkyl halides is 3. The molecule has 3 aromatic rings. The lowest BCUT2D eigenvalue weighted by molar-refractivity contribution is -0.137. The molecule has 6 nitrogen and oxygen atoms in total. The normalized spacial score (nSPS) is 13.0. The molecule has 1 atom stereocenters. The fraction of sp³-hybridized carbons (Fsp3) is 0.350. The van der Waals surface area contributed by atoms with E-state index in [2.05, 4.69) is 20.6 Å². The van der Waals surface area contributed by atoms with Gasteiger partial charge in [-0.2, -0.15) is 18.3 Å². The summed E-state index contributed by atoms with van der Waals surface area (Å²) in [6.07, 6.45) is -4.37. The lowest BCUT2D eigenvalue weighted by atomic mass is 10.0. The summed E-state index contributed by atoms with van der Waals surface area (Å²) in [6.45, 7) is 4.22. The van der Waals surface area contributed by atoms with Gasteiger partial charge in [-0.15, -0.1) is 10.2 Å². The predicted octanol–water partition coefficient (Wildman–Crippen LogP) is 4.01. The predicted molar refractivity (Wildman–Crippen MR) is 105 cm³/mol. The number of likely N-dealkylation sites (N-methyl/N-ethyl adjacent to an activating group) is 1. The van der Waals surface area contributed by atoms with Crippen LogP contribution >= 0.6 is 0 Å². The summed E-state index contributed by atoms with van der Waals surface area (Å²) < 4.78 is 40.8. The average molecular weight is 404 g/mol. The first-order chi connectivity index (χ1) is 13.6. The molecule has 0 aliphatic rings. The van der Waals surface area contributed by atoms with Gasteiger partial charge in [-0.25, -0.2) is 4.68 Å². The number of benzene rings is 1. The lowest BCUT2D eigenvalue weighted by Gasteiger charge is -2.26. The third kappa shape index (κ3) is 4.92. The van der Waals surface area contributed by atoms with Crippen molar-refractivity contribution in [3.8, 4) is 5.82 Å². The van der Waals surface area contributed by atoms with Crippen molar-refractivity contribution in [2.75, 3.05) is 26.0 Å². The maximum Gasteiger partial charge on any atom is 0.416 e. The fourth-order valence-corrected chi connectivity index (χ4v) is 3.12. The molecule has 0 aliphatic heterocycles. The maximum absolute atomic E-state index is 13.0. The Morgan fingerprint density at radius 1 is 1.07 bits per heavy atom. The largest absolute Gasteiger partial charge is 0.416 e. The van der Waals surface area contributed by atoms with Crippen LogP contribution in [0.3, 0.4) is 0 Å². The smallest absolute Gasteiger partial charge is 0.367 e. The van der Waals surface area contributed by atoms with E-state index in [9.17, 15) is 13.2 Å². The van der Waals surface area contributed by atoms with Crippen LogP contribution in [0.4, 0.5) is 19.0 Å². The van der Waals surface area contributed by atoms with Crippen LogP contribution < -0.4 is 5.32 Å². The standard InChI is InChI=1S/C20H23F3N6/c1-13-10-14(2)29(27-13)19-9-8-18(25-26-19)24-12-17(28(3)4)15-6-5-7-16(11-15)20(21,22)23/h5-11,17H,12H2,1-4H3,(H,24,25). The first kappa shape index (κ1) is 20.8. The van der Waals surface area contributed by atoms with Crippen LogP contribution in [0.1, 0.15) is 28.6 Å². The number of anilines is 1. The minimum absolute atomic E-state index is 0.269. The molecule has 9 heteroatoms. The van der Waals surface area contributed by atoms with Crippen molar-refractivity contribution in [2.45, 2.75) is 26.1 Å². The molecule has 2 aromatic heterocycles. The molecule has 1 N–H and O–H groups in total. The van der Waals surface area contributed by atoms with Crippen molar-refractivity contribution in [3.63, 3.8) is 0 Å². The van der Waals surface area contributed by atoms with E-state index in [-0.39, 0.29) is 6.04 Å². The molecule has 1 unspecified atom stereocenters. The summed E-state index contributed by atoms with van der Waals surface area (Å²) in [4.78, 5) is 1.86. The monoisotopic (exact) mass is 404 g/mol. The third-order valence-corrected chi connectivity index (χ3v) is 4.58. The van der Waals surface area contributed by atoms with Gasteiger partial charge in [0.25, 0.3) is 0 Å². The summed E-state index contributed by atoms with van der Waals surface area (Å²) in [7, 11) is 3.65. The zero-order valence-corrected chi connectivity index (χ0v) is 16.7. The summed E-state index contributed by atoms with van der Waals surface area (Å²) in [6, 6.07) is 10.6. The van der Waals surface area contributed by atoms with Gasteiger partial charge >= 0.3 is 6.18 Å². The average Bonchev–Trinajstić information content (AvgIpc) is 3.00. The van der Waals surface area contributed by atoms with E-state index in [4.69, 9.17) is 0 Å². The minimum Gasteiger partial charge on any atom is -0.367 e. The van der Waals surface area contributed by atoms with Gasteiger partial charge in [-0.05, 0) is 63.8 Å². The molecule has 0 fully saturated rings. The second-order valence-corrected chi connectivity index (χ2v) is 7.10.